The molecule has 0 aliphatic heterocycles. The van der Waals surface area contributed by atoms with Gasteiger partial charge >= 0.3 is 0 Å². The van der Waals surface area contributed by atoms with Crippen LogP contribution in [0, 0.1) is 5.82 Å². The molecule has 1 atom stereocenters. The van der Waals surface area contributed by atoms with Gasteiger partial charge in [-0.3, -0.25) is 0 Å². The van der Waals surface area contributed by atoms with Gasteiger partial charge in [0.15, 0.2) is 11.0 Å². The Morgan fingerprint density at radius 2 is 2.19 bits per heavy atom. The first-order valence-corrected chi connectivity index (χ1v) is 6.07. The van der Waals surface area contributed by atoms with Crippen LogP contribution >= 0.6 is 11.6 Å². The van der Waals surface area contributed by atoms with Crippen LogP contribution in [-0.2, 0) is 11.0 Å². The monoisotopic (exact) mass is 262 g/mol. The van der Waals surface area contributed by atoms with Gasteiger partial charge in [-0.2, -0.15) is 4.40 Å². The van der Waals surface area contributed by atoms with Crippen LogP contribution in [0.15, 0.2) is 16.7 Å². The second-order valence-corrected chi connectivity index (χ2v) is 6.39. The van der Waals surface area contributed by atoms with E-state index >= 15 is 0 Å². The summed E-state index contributed by atoms with van der Waals surface area (Å²) in [6.07, 6.45) is 2.58. The van der Waals surface area contributed by atoms with Crippen molar-refractivity contribution in [2.24, 2.45) is 4.40 Å². The molecule has 0 aliphatic rings. The summed E-state index contributed by atoms with van der Waals surface area (Å²) in [6.45, 7) is 5.36. The van der Waals surface area contributed by atoms with Crippen molar-refractivity contribution < 1.29 is 8.60 Å². The van der Waals surface area contributed by atoms with E-state index < -0.39 is 21.5 Å². The summed E-state index contributed by atoms with van der Waals surface area (Å²) in [7, 11) is -1.41. The molecule has 1 rings (SSSR count). The highest BCUT2D eigenvalue weighted by Gasteiger charge is 2.18. The largest absolute Gasteiger partial charge is 0.242 e. The quantitative estimate of drug-likeness (QED) is 0.608. The highest BCUT2D eigenvalue weighted by atomic mass is 35.5. The predicted octanol–water partition coefficient (Wildman–Crippen LogP) is 2.76. The van der Waals surface area contributed by atoms with E-state index in [-0.39, 0.29) is 10.7 Å². The molecule has 0 aliphatic carbocycles. The Hall–Kier alpha value is -0.810. The van der Waals surface area contributed by atoms with Crippen molar-refractivity contribution in [2.45, 2.75) is 25.5 Å². The summed E-state index contributed by atoms with van der Waals surface area (Å²) in [5.41, 5.74) is 0.178. The molecule has 0 saturated carbocycles. The van der Waals surface area contributed by atoms with Crippen molar-refractivity contribution >= 4 is 28.8 Å². The standard InChI is InChI=1S/C10H12ClFN2OS/c1-10(2,3)16(15)14-6-7-4-5-13-9(11)8(7)12/h4-6H,1-3H3. The van der Waals surface area contributed by atoms with Crippen LogP contribution in [-0.4, -0.2) is 20.2 Å². The zero-order valence-electron chi connectivity index (χ0n) is 9.20. The van der Waals surface area contributed by atoms with Crippen LogP contribution in [0.2, 0.25) is 5.15 Å². The first-order chi connectivity index (χ1) is 7.32. The lowest BCUT2D eigenvalue weighted by Crippen LogP contribution is -2.19. The molecule has 0 amide bonds. The molecule has 88 valence electrons. The van der Waals surface area contributed by atoms with E-state index in [1.807, 2.05) is 0 Å². The lowest BCUT2D eigenvalue weighted by atomic mass is 10.3. The Labute approximate surface area is 101 Å². The van der Waals surface area contributed by atoms with Crippen LogP contribution in [0.25, 0.3) is 0 Å². The van der Waals surface area contributed by atoms with Crippen molar-refractivity contribution in [3.05, 3.63) is 28.8 Å². The van der Waals surface area contributed by atoms with Gasteiger partial charge in [-0.15, -0.1) is 0 Å². The van der Waals surface area contributed by atoms with E-state index in [9.17, 15) is 8.60 Å². The minimum atomic E-state index is -1.41. The third-order valence-electron chi connectivity index (χ3n) is 1.69. The van der Waals surface area contributed by atoms with Gasteiger partial charge in [0.2, 0.25) is 0 Å². The van der Waals surface area contributed by atoms with Crippen molar-refractivity contribution in [2.75, 3.05) is 0 Å². The highest BCUT2D eigenvalue weighted by molar-refractivity contribution is 7.85. The third-order valence-corrected chi connectivity index (χ3v) is 3.30. The molecule has 1 unspecified atom stereocenters. The van der Waals surface area contributed by atoms with Crippen molar-refractivity contribution in [3.63, 3.8) is 0 Å². The summed E-state index contributed by atoms with van der Waals surface area (Å²) in [5.74, 6) is -0.654. The third kappa shape index (κ3) is 3.35. The second-order valence-electron chi connectivity index (χ2n) is 4.10. The fourth-order valence-electron chi connectivity index (χ4n) is 0.794. The number of nitrogens with zero attached hydrogens (tertiary/aromatic N) is 2. The first-order valence-electron chi connectivity index (χ1n) is 4.58. The van der Waals surface area contributed by atoms with Gasteiger partial charge in [-0.05, 0) is 26.8 Å². The zero-order valence-corrected chi connectivity index (χ0v) is 10.8. The predicted molar refractivity (Wildman–Crippen MR) is 64.7 cm³/mol. The molecule has 6 heteroatoms. The maximum Gasteiger partial charge on any atom is 0.169 e. The minimum absolute atomic E-state index is 0.178. The Bertz CT molecular complexity index is 443. The topological polar surface area (TPSA) is 42.3 Å². The molecular formula is C10H12ClFN2OS. The molecule has 0 spiro atoms. The van der Waals surface area contributed by atoms with Gasteiger partial charge in [-0.25, -0.2) is 13.6 Å². The minimum Gasteiger partial charge on any atom is -0.242 e. The molecule has 0 saturated heterocycles. The molecule has 3 nitrogen and oxygen atoms in total. The lowest BCUT2D eigenvalue weighted by Gasteiger charge is -2.12. The van der Waals surface area contributed by atoms with Crippen LogP contribution in [0.5, 0.6) is 0 Å². The van der Waals surface area contributed by atoms with E-state index in [1.54, 1.807) is 20.8 Å². The molecular weight excluding hydrogens is 251 g/mol. The van der Waals surface area contributed by atoms with Crippen LogP contribution < -0.4 is 0 Å². The molecule has 0 N–H and O–H groups in total. The van der Waals surface area contributed by atoms with E-state index in [1.165, 1.54) is 18.5 Å². The summed E-state index contributed by atoms with van der Waals surface area (Å²) in [6, 6.07) is 1.42. The summed E-state index contributed by atoms with van der Waals surface area (Å²) < 4.78 is 28.3. The Kier molecular flexibility index (Phi) is 4.15. The smallest absolute Gasteiger partial charge is 0.169 e. The number of rotatable bonds is 2. The Morgan fingerprint density at radius 1 is 1.56 bits per heavy atom. The van der Waals surface area contributed by atoms with Crippen molar-refractivity contribution in [1.29, 1.82) is 0 Å². The number of pyridine rings is 1. The normalized spacial score (nSPS) is 14.3. The van der Waals surface area contributed by atoms with Gasteiger partial charge in [0.25, 0.3) is 0 Å². The van der Waals surface area contributed by atoms with Crippen LogP contribution in [0.3, 0.4) is 0 Å². The molecule has 1 aromatic heterocycles. The van der Waals surface area contributed by atoms with Crippen molar-refractivity contribution in [3.8, 4) is 0 Å². The van der Waals surface area contributed by atoms with Crippen molar-refractivity contribution in [1.82, 2.24) is 4.98 Å². The number of aromatic nitrogens is 1. The molecule has 0 radical (unpaired) electrons. The van der Waals surface area contributed by atoms with E-state index in [0.717, 1.165) is 0 Å². The fraction of sp³-hybridized carbons (Fsp3) is 0.400. The fourth-order valence-corrected chi connectivity index (χ4v) is 1.49. The van der Waals surface area contributed by atoms with E-state index in [2.05, 4.69) is 9.38 Å². The number of halogens is 2. The molecule has 0 aromatic carbocycles. The SMILES string of the molecule is CC(C)(C)S(=O)N=Cc1ccnc(Cl)c1F. The average Bonchev–Trinajstić information content (AvgIpc) is 2.18. The van der Waals surface area contributed by atoms with Gasteiger partial charge in [0.05, 0.1) is 4.75 Å². The summed E-state index contributed by atoms with van der Waals surface area (Å²) in [5, 5.41) is -0.217. The van der Waals surface area contributed by atoms with Gasteiger partial charge < -0.3 is 0 Å². The average molecular weight is 263 g/mol. The zero-order chi connectivity index (χ0) is 12.3. The lowest BCUT2D eigenvalue weighted by molar-refractivity contribution is 0.620. The maximum absolute atomic E-state index is 13.4. The first kappa shape index (κ1) is 13.3. The number of hydrogen-bond acceptors (Lipinski definition) is 2. The number of hydrogen-bond donors (Lipinski definition) is 0. The van der Waals surface area contributed by atoms with E-state index in [0.29, 0.717) is 0 Å². The molecule has 1 aromatic rings. The maximum atomic E-state index is 13.4. The second kappa shape index (κ2) is 5.01. The van der Waals surface area contributed by atoms with Gasteiger partial charge in [0.1, 0.15) is 11.0 Å². The summed E-state index contributed by atoms with van der Waals surface area (Å²) in [4.78, 5) is 3.57. The van der Waals surface area contributed by atoms with Crippen LogP contribution in [0.1, 0.15) is 26.3 Å². The van der Waals surface area contributed by atoms with E-state index in [4.69, 9.17) is 11.6 Å². The summed E-state index contributed by atoms with van der Waals surface area (Å²) >= 11 is 5.50. The van der Waals surface area contributed by atoms with Gasteiger partial charge in [-0.1, -0.05) is 11.6 Å². The Morgan fingerprint density at radius 3 is 2.75 bits per heavy atom. The molecule has 1 heterocycles. The molecule has 0 fully saturated rings. The Balaban J connectivity index is 2.94. The van der Waals surface area contributed by atoms with Crippen LogP contribution in [0.4, 0.5) is 4.39 Å². The molecule has 16 heavy (non-hydrogen) atoms. The molecule has 0 bridgehead atoms. The van der Waals surface area contributed by atoms with Gasteiger partial charge in [0, 0.05) is 18.0 Å². The highest BCUT2D eigenvalue weighted by Crippen LogP contribution is 2.15.